The van der Waals surface area contributed by atoms with Crippen molar-refractivity contribution in [1.29, 1.82) is 0 Å². The molecule has 1 aromatic carbocycles. The Labute approximate surface area is 108 Å². The molecular weight excluding hydrogens is 234 g/mol. The van der Waals surface area contributed by atoms with Crippen molar-refractivity contribution >= 4 is 17.3 Å². The zero-order valence-electron chi connectivity index (χ0n) is 10.7. The highest BCUT2D eigenvalue weighted by Gasteiger charge is 2.48. The van der Waals surface area contributed by atoms with Crippen molar-refractivity contribution in [2.75, 3.05) is 11.9 Å². The van der Waals surface area contributed by atoms with E-state index in [1.165, 1.54) is 0 Å². The molecule has 0 aromatic heterocycles. The van der Waals surface area contributed by atoms with E-state index in [4.69, 9.17) is 16.3 Å². The van der Waals surface area contributed by atoms with Gasteiger partial charge in [-0.05, 0) is 31.5 Å². The largest absolute Gasteiger partial charge is 0.382 e. The zero-order chi connectivity index (χ0) is 12.5. The lowest BCUT2D eigenvalue weighted by molar-refractivity contribution is -0.0975. The normalized spacial score (nSPS) is 26.4. The van der Waals surface area contributed by atoms with Gasteiger partial charge in [-0.15, -0.1) is 0 Å². The molecule has 1 aliphatic rings. The summed E-state index contributed by atoms with van der Waals surface area (Å²) in [5.41, 5.74) is 1.27. The van der Waals surface area contributed by atoms with Crippen LogP contribution in [0.2, 0.25) is 5.02 Å². The summed E-state index contributed by atoms with van der Waals surface area (Å²) in [5.74, 6) is 0. The lowest BCUT2D eigenvalue weighted by atomic mass is 9.64. The maximum absolute atomic E-state index is 5.97. The first kappa shape index (κ1) is 12.7. The molecule has 17 heavy (non-hydrogen) atoms. The number of ether oxygens (including phenoxy) is 1. The molecule has 0 aliphatic heterocycles. The van der Waals surface area contributed by atoms with Crippen molar-refractivity contribution in [3.63, 3.8) is 0 Å². The summed E-state index contributed by atoms with van der Waals surface area (Å²) in [5, 5.41) is 4.31. The van der Waals surface area contributed by atoms with Gasteiger partial charge < -0.3 is 10.1 Å². The first-order valence-electron chi connectivity index (χ1n) is 6.17. The average Bonchev–Trinajstić information content (AvgIpc) is 2.28. The quantitative estimate of drug-likeness (QED) is 0.877. The van der Waals surface area contributed by atoms with Crippen LogP contribution in [0.25, 0.3) is 0 Å². The number of hydrogen-bond acceptors (Lipinski definition) is 2. The second-order valence-corrected chi connectivity index (χ2v) is 5.64. The van der Waals surface area contributed by atoms with Crippen LogP contribution in [0.15, 0.2) is 24.3 Å². The molecule has 0 amide bonds. The highest BCUT2D eigenvalue weighted by molar-refractivity contribution is 6.30. The number of benzene rings is 1. The Bertz CT molecular complexity index is 392. The Morgan fingerprint density at radius 2 is 2.24 bits per heavy atom. The third kappa shape index (κ3) is 2.58. The van der Waals surface area contributed by atoms with Gasteiger partial charge in [0.05, 0.1) is 6.10 Å². The van der Waals surface area contributed by atoms with Crippen LogP contribution in [0.4, 0.5) is 5.69 Å². The minimum Gasteiger partial charge on any atom is -0.382 e. The van der Waals surface area contributed by atoms with Gasteiger partial charge in [-0.3, -0.25) is 0 Å². The van der Waals surface area contributed by atoms with Crippen molar-refractivity contribution in [3.05, 3.63) is 29.3 Å². The van der Waals surface area contributed by atoms with E-state index in [1.54, 1.807) is 0 Å². The lowest BCUT2D eigenvalue weighted by Gasteiger charge is -2.52. The molecule has 2 rings (SSSR count). The van der Waals surface area contributed by atoms with E-state index in [-0.39, 0.29) is 5.41 Å². The van der Waals surface area contributed by atoms with Gasteiger partial charge in [0.25, 0.3) is 0 Å². The van der Waals surface area contributed by atoms with Crippen LogP contribution in [0.3, 0.4) is 0 Å². The number of anilines is 1. The molecule has 1 aliphatic carbocycles. The van der Waals surface area contributed by atoms with Crippen molar-refractivity contribution in [2.24, 2.45) is 5.41 Å². The molecule has 1 saturated carbocycles. The van der Waals surface area contributed by atoms with Crippen molar-refractivity contribution < 1.29 is 4.74 Å². The van der Waals surface area contributed by atoms with Gasteiger partial charge in [0.1, 0.15) is 0 Å². The van der Waals surface area contributed by atoms with Gasteiger partial charge in [-0.1, -0.05) is 31.5 Å². The van der Waals surface area contributed by atoms with Crippen LogP contribution in [0, 0.1) is 5.41 Å². The molecule has 0 bridgehead atoms. The highest BCUT2D eigenvalue weighted by Crippen LogP contribution is 2.44. The first-order valence-corrected chi connectivity index (χ1v) is 6.55. The van der Waals surface area contributed by atoms with Gasteiger partial charge >= 0.3 is 0 Å². The summed E-state index contributed by atoms with van der Waals surface area (Å²) >= 11 is 5.97. The number of halogens is 1. The molecule has 0 radical (unpaired) electrons. The molecule has 94 valence electrons. The molecule has 2 unspecified atom stereocenters. The maximum atomic E-state index is 5.97. The van der Waals surface area contributed by atoms with Crippen molar-refractivity contribution in [1.82, 2.24) is 0 Å². The van der Waals surface area contributed by atoms with E-state index in [0.29, 0.717) is 12.1 Å². The molecule has 3 heteroatoms. The number of rotatable bonds is 4. The average molecular weight is 254 g/mol. The van der Waals surface area contributed by atoms with E-state index < -0.39 is 0 Å². The molecule has 2 atom stereocenters. The van der Waals surface area contributed by atoms with Crippen molar-refractivity contribution in [2.45, 2.75) is 39.3 Å². The van der Waals surface area contributed by atoms with Crippen LogP contribution in [0.5, 0.6) is 0 Å². The predicted octanol–water partition coefficient (Wildman–Crippen LogP) is 3.96. The van der Waals surface area contributed by atoms with E-state index in [0.717, 1.165) is 23.7 Å². The second-order valence-electron chi connectivity index (χ2n) is 5.21. The van der Waals surface area contributed by atoms with Crippen LogP contribution in [-0.2, 0) is 4.74 Å². The summed E-state index contributed by atoms with van der Waals surface area (Å²) in [6.07, 6.45) is 1.43. The smallest absolute Gasteiger partial charge is 0.0665 e. The Morgan fingerprint density at radius 1 is 1.47 bits per heavy atom. The summed E-state index contributed by atoms with van der Waals surface area (Å²) in [7, 11) is 0. The summed E-state index contributed by atoms with van der Waals surface area (Å²) in [6, 6.07) is 8.33. The van der Waals surface area contributed by atoms with Crippen molar-refractivity contribution in [3.8, 4) is 0 Å². The SMILES string of the molecule is CCOC1CC(Nc2cccc(Cl)c2)C1(C)C. The van der Waals surface area contributed by atoms with E-state index in [9.17, 15) is 0 Å². The monoisotopic (exact) mass is 253 g/mol. The zero-order valence-corrected chi connectivity index (χ0v) is 11.4. The van der Waals surface area contributed by atoms with Gasteiger partial charge in [0.15, 0.2) is 0 Å². The molecule has 2 nitrogen and oxygen atoms in total. The predicted molar refractivity (Wildman–Crippen MR) is 72.7 cm³/mol. The van der Waals surface area contributed by atoms with E-state index >= 15 is 0 Å². The molecule has 0 spiro atoms. The van der Waals surface area contributed by atoms with Crippen LogP contribution < -0.4 is 5.32 Å². The van der Waals surface area contributed by atoms with E-state index in [2.05, 4.69) is 25.2 Å². The first-order chi connectivity index (χ1) is 8.04. The third-order valence-electron chi connectivity index (χ3n) is 3.71. The lowest BCUT2D eigenvalue weighted by Crippen LogP contribution is -2.58. The summed E-state index contributed by atoms with van der Waals surface area (Å²) in [6.45, 7) is 7.34. The van der Waals surface area contributed by atoms with Gasteiger partial charge in [0, 0.05) is 28.8 Å². The Kier molecular flexibility index (Phi) is 3.64. The second kappa shape index (κ2) is 4.87. The minimum absolute atomic E-state index is 0.179. The van der Waals surface area contributed by atoms with Crippen LogP contribution in [-0.4, -0.2) is 18.8 Å². The Hall–Kier alpha value is -0.730. The summed E-state index contributed by atoms with van der Waals surface area (Å²) < 4.78 is 5.72. The van der Waals surface area contributed by atoms with E-state index in [1.807, 2.05) is 25.1 Å². The summed E-state index contributed by atoms with van der Waals surface area (Å²) in [4.78, 5) is 0. The Balaban J connectivity index is 1.98. The fraction of sp³-hybridized carbons (Fsp3) is 0.571. The van der Waals surface area contributed by atoms with Gasteiger partial charge in [-0.2, -0.15) is 0 Å². The molecule has 1 N–H and O–H groups in total. The third-order valence-corrected chi connectivity index (χ3v) is 3.95. The topological polar surface area (TPSA) is 21.3 Å². The fourth-order valence-corrected chi connectivity index (χ4v) is 2.58. The highest BCUT2D eigenvalue weighted by atomic mass is 35.5. The molecular formula is C14H20ClNO. The number of nitrogens with one attached hydrogen (secondary N) is 1. The standard InChI is InChI=1S/C14H20ClNO/c1-4-17-13-9-12(14(13,2)3)16-11-7-5-6-10(15)8-11/h5-8,12-13,16H,4,9H2,1-3H3. The van der Waals surface area contributed by atoms with Crippen LogP contribution in [0.1, 0.15) is 27.2 Å². The number of hydrogen-bond donors (Lipinski definition) is 1. The maximum Gasteiger partial charge on any atom is 0.0665 e. The van der Waals surface area contributed by atoms with Gasteiger partial charge in [-0.25, -0.2) is 0 Å². The Morgan fingerprint density at radius 3 is 2.82 bits per heavy atom. The van der Waals surface area contributed by atoms with Gasteiger partial charge in [0.2, 0.25) is 0 Å². The molecule has 0 heterocycles. The molecule has 1 aromatic rings. The molecule has 1 fully saturated rings. The minimum atomic E-state index is 0.179. The molecule has 0 saturated heterocycles. The van der Waals surface area contributed by atoms with Crippen LogP contribution >= 0.6 is 11.6 Å². The fourth-order valence-electron chi connectivity index (χ4n) is 2.39.